The van der Waals surface area contributed by atoms with Crippen molar-refractivity contribution in [3.05, 3.63) is 34.3 Å². The topological polar surface area (TPSA) is 23.5 Å². The monoisotopic (exact) mass is 313 g/mol. The molecule has 1 aromatic rings. The quantitative estimate of drug-likeness (QED) is 0.869. The van der Waals surface area contributed by atoms with E-state index in [9.17, 15) is 5.11 Å². The third-order valence-electron chi connectivity index (χ3n) is 4.08. The summed E-state index contributed by atoms with van der Waals surface area (Å²) in [5.74, 6) is 0. The Kier molecular flexibility index (Phi) is 5.83. The first-order valence-corrected chi connectivity index (χ1v) is 7.35. The van der Waals surface area contributed by atoms with Crippen LogP contribution in [0.25, 0.3) is 0 Å². The van der Waals surface area contributed by atoms with Gasteiger partial charge in [0.15, 0.2) is 0 Å². The summed E-state index contributed by atoms with van der Waals surface area (Å²) in [6.45, 7) is 4.29. The molecular weight excluding hydrogens is 290 g/mol. The molecule has 0 spiro atoms. The molecule has 0 heterocycles. The highest BCUT2D eigenvalue weighted by atomic mass is 79.9. The van der Waals surface area contributed by atoms with E-state index in [-0.39, 0.29) is 11.6 Å². The molecule has 0 aliphatic heterocycles. The molecule has 0 aliphatic carbocycles. The van der Waals surface area contributed by atoms with Gasteiger partial charge in [-0.1, -0.05) is 41.9 Å². The molecule has 3 heteroatoms. The molecule has 0 radical (unpaired) electrons. The molecule has 2 nitrogen and oxygen atoms in total. The first-order chi connectivity index (χ1) is 8.46. The van der Waals surface area contributed by atoms with Crippen molar-refractivity contribution in [2.45, 2.75) is 44.8 Å². The molecule has 1 unspecified atom stereocenters. The Morgan fingerprint density at radius 1 is 1.17 bits per heavy atom. The van der Waals surface area contributed by atoms with Gasteiger partial charge in [0.1, 0.15) is 0 Å². The third kappa shape index (κ3) is 3.34. The summed E-state index contributed by atoms with van der Waals surface area (Å²) in [4.78, 5) is 2.16. The van der Waals surface area contributed by atoms with Gasteiger partial charge >= 0.3 is 0 Å². The maximum Gasteiger partial charge on any atom is 0.0763 e. The summed E-state index contributed by atoms with van der Waals surface area (Å²) < 4.78 is 1.07. The fourth-order valence-corrected chi connectivity index (χ4v) is 2.95. The zero-order valence-electron chi connectivity index (χ0n) is 11.8. The minimum Gasteiger partial charge on any atom is -0.391 e. The molecule has 0 aromatic heterocycles. The number of aliphatic hydroxyl groups is 1. The molecule has 0 saturated carbocycles. The lowest BCUT2D eigenvalue weighted by molar-refractivity contribution is -0.0125. The van der Waals surface area contributed by atoms with Gasteiger partial charge in [-0.3, -0.25) is 0 Å². The Balaban J connectivity index is 2.85. The van der Waals surface area contributed by atoms with Crippen LogP contribution >= 0.6 is 15.9 Å². The van der Waals surface area contributed by atoms with Crippen LogP contribution in [0.2, 0.25) is 0 Å². The predicted molar refractivity (Wildman–Crippen MR) is 80.9 cm³/mol. The van der Waals surface area contributed by atoms with Gasteiger partial charge in [0.25, 0.3) is 0 Å². The van der Waals surface area contributed by atoms with Crippen LogP contribution in [0.15, 0.2) is 28.7 Å². The van der Waals surface area contributed by atoms with Crippen LogP contribution in [-0.2, 0) is 6.42 Å². The van der Waals surface area contributed by atoms with E-state index in [2.05, 4.69) is 60.9 Å². The van der Waals surface area contributed by atoms with Crippen LogP contribution in [0.5, 0.6) is 0 Å². The molecule has 1 N–H and O–H groups in total. The Hall–Kier alpha value is -0.380. The summed E-state index contributed by atoms with van der Waals surface area (Å²) in [5.41, 5.74) is 1.05. The Bertz CT molecular complexity index is 357. The van der Waals surface area contributed by atoms with Crippen molar-refractivity contribution in [1.29, 1.82) is 0 Å². The van der Waals surface area contributed by atoms with Gasteiger partial charge < -0.3 is 10.0 Å². The molecule has 0 aliphatic rings. The summed E-state index contributed by atoms with van der Waals surface area (Å²) in [5, 5.41) is 10.6. The highest BCUT2D eigenvalue weighted by Gasteiger charge is 2.36. The van der Waals surface area contributed by atoms with Crippen LogP contribution in [0.4, 0.5) is 0 Å². The molecule has 0 saturated heterocycles. The maximum absolute atomic E-state index is 10.6. The van der Waals surface area contributed by atoms with Crippen molar-refractivity contribution >= 4 is 15.9 Å². The number of rotatable bonds is 6. The second-order valence-corrected chi connectivity index (χ2v) is 5.97. The molecule has 0 amide bonds. The highest BCUT2D eigenvalue weighted by Crippen LogP contribution is 2.28. The largest absolute Gasteiger partial charge is 0.391 e. The van der Waals surface area contributed by atoms with Gasteiger partial charge in [0.05, 0.1) is 6.10 Å². The van der Waals surface area contributed by atoms with Crippen molar-refractivity contribution in [1.82, 2.24) is 4.90 Å². The number of halogens is 1. The van der Waals surface area contributed by atoms with Crippen molar-refractivity contribution < 1.29 is 5.11 Å². The van der Waals surface area contributed by atoms with E-state index in [0.29, 0.717) is 6.42 Å². The zero-order valence-corrected chi connectivity index (χ0v) is 13.4. The SMILES string of the molecule is CCC(CC)(C(O)Cc1ccc(Br)cc1)N(C)C. The van der Waals surface area contributed by atoms with Gasteiger partial charge in [-0.2, -0.15) is 0 Å². The van der Waals surface area contributed by atoms with E-state index in [1.807, 2.05) is 12.1 Å². The average molecular weight is 314 g/mol. The number of hydrogen-bond donors (Lipinski definition) is 1. The van der Waals surface area contributed by atoms with E-state index in [4.69, 9.17) is 0 Å². The van der Waals surface area contributed by atoms with E-state index in [1.165, 1.54) is 5.56 Å². The van der Waals surface area contributed by atoms with Crippen molar-refractivity contribution in [3.63, 3.8) is 0 Å². The number of likely N-dealkylation sites (N-methyl/N-ethyl adjacent to an activating group) is 1. The van der Waals surface area contributed by atoms with E-state index in [1.54, 1.807) is 0 Å². The second-order valence-electron chi connectivity index (χ2n) is 5.05. The maximum atomic E-state index is 10.6. The standard InChI is InChI=1S/C15H24BrNO/c1-5-15(6-2,17(3)4)14(18)11-12-7-9-13(16)10-8-12/h7-10,14,18H,5-6,11H2,1-4H3. The van der Waals surface area contributed by atoms with Crippen molar-refractivity contribution in [2.75, 3.05) is 14.1 Å². The van der Waals surface area contributed by atoms with Crippen molar-refractivity contribution in [3.8, 4) is 0 Å². The molecule has 1 atom stereocenters. The van der Waals surface area contributed by atoms with Gasteiger partial charge in [-0.25, -0.2) is 0 Å². The number of benzene rings is 1. The Labute approximate surface area is 119 Å². The van der Waals surface area contributed by atoms with E-state index in [0.717, 1.165) is 17.3 Å². The van der Waals surface area contributed by atoms with E-state index < -0.39 is 0 Å². The summed E-state index contributed by atoms with van der Waals surface area (Å²) >= 11 is 3.43. The van der Waals surface area contributed by atoms with Gasteiger partial charge in [0.2, 0.25) is 0 Å². The van der Waals surface area contributed by atoms with Crippen LogP contribution in [0, 0.1) is 0 Å². The average Bonchev–Trinajstić information content (AvgIpc) is 2.34. The molecule has 1 rings (SSSR count). The summed E-state index contributed by atoms with van der Waals surface area (Å²) in [6.07, 6.45) is 2.26. The second kappa shape index (κ2) is 6.69. The zero-order chi connectivity index (χ0) is 13.8. The smallest absolute Gasteiger partial charge is 0.0763 e. The highest BCUT2D eigenvalue weighted by molar-refractivity contribution is 9.10. The van der Waals surface area contributed by atoms with Crippen LogP contribution in [0.3, 0.4) is 0 Å². The molecule has 102 valence electrons. The minimum atomic E-state index is -0.344. The summed E-state index contributed by atoms with van der Waals surface area (Å²) in [6, 6.07) is 8.19. The molecule has 18 heavy (non-hydrogen) atoms. The first kappa shape index (κ1) is 15.7. The van der Waals surface area contributed by atoms with Crippen molar-refractivity contribution in [2.24, 2.45) is 0 Å². The van der Waals surface area contributed by atoms with E-state index >= 15 is 0 Å². The Morgan fingerprint density at radius 2 is 1.67 bits per heavy atom. The normalized spacial score (nSPS) is 13.9. The van der Waals surface area contributed by atoms with Crippen LogP contribution in [-0.4, -0.2) is 35.7 Å². The van der Waals surface area contributed by atoms with Crippen LogP contribution in [0.1, 0.15) is 32.3 Å². The fourth-order valence-electron chi connectivity index (χ4n) is 2.69. The first-order valence-electron chi connectivity index (χ1n) is 6.56. The van der Waals surface area contributed by atoms with Gasteiger partial charge in [0, 0.05) is 16.4 Å². The predicted octanol–water partition coefficient (Wildman–Crippen LogP) is 3.47. The lowest BCUT2D eigenvalue weighted by atomic mass is 9.82. The molecule has 0 fully saturated rings. The lowest BCUT2D eigenvalue weighted by Crippen LogP contribution is -2.53. The molecule has 1 aromatic carbocycles. The molecule has 0 bridgehead atoms. The van der Waals surface area contributed by atoms with Gasteiger partial charge in [-0.05, 0) is 44.6 Å². The molecular formula is C15H24BrNO. The lowest BCUT2D eigenvalue weighted by Gasteiger charge is -2.42. The Morgan fingerprint density at radius 3 is 2.06 bits per heavy atom. The number of nitrogens with zero attached hydrogens (tertiary/aromatic N) is 1. The number of hydrogen-bond acceptors (Lipinski definition) is 2. The fraction of sp³-hybridized carbons (Fsp3) is 0.600. The number of aliphatic hydroxyl groups excluding tert-OH is 1. The minimum absolute atomic E-state index is 0.132. The van der Waals surface area contributed by atoms with Crippen LogP contribution < -0.4 is 0 Å². The third-order valence-corrected chi connectivity index (χ3v) is 4.61. The summed E-state index contributed by atoms with van der Waals surface area (Å²) in [7, 11) is 4.11. The van der Waals surface area contributed by atoms with Gasteiger partial charge in [-0.15, -0.1) is 0 Å².